The van der Waals surface area contributed by atoms with Gasteiger partial charge in [0.25, 0.3) is 0 Å². The zero-order valence-electron chi connectivity index (χ0n) is 11.5. The fourth-order valence-electron chi connectivity index (χ4n) is 2.53. The molecule has 1 aromatic heterocycles. The first-order chi connectivity index (χ1) is 9.22. The molecule has 0 spiro atoms. The predicted molar refractivity (Wildman–Crippen MR) is 74.1 cm³/mol. The van der Waals surface area contributed by atoms with Gasteiger partial charge in [-0.3, -0.25) is 0 Å². The van der Waals surface area contributed by atoms with Crippen molar-refractivity contribution >= 4 is 0 Å². The summed E-state index contributed by atoms with van der Waals surface area (Å²) in [7, 11) is 1.63. The van der Waals surface area contributed by atoms with E-state index in [2.05, 4.69) is 9.88 Å². The molecule has 5 nitrogen and oxygen atoms in total. The van der Waals surface area contributed by atoms with Crippen LogP contribution in [0.25, 0.3) is 0 Å². The lowest BCUT2D eigenvalue weighted by atomic mass is 9.94. The van der Waals surface area contributed by atoms with Gasteiger partial charge in [0, 0.05) is 37.8 Å². The van der Waals surface area contributed by atoms with Crippen LogP contribution < -0.4 is 10.5 Å². The molecule has 0 aliphatic carbocycles. The van der Waals surface area contributed by atoms with Gasteiger partial charge in [0.1, 0.15) is 0 Å². The molecule has 2 atom stereocenters. The maximum absolute atomic E-state index is 9.81. The highest BCUT2D eigenvalue weighted by molar-refractivity contribution is 5.20. The van der Waals surface area contributed by atoms with Gasteiger partial charge in [-0.1, -0.05) is 0 Å². The van der Waals surface area contributed by atoms with E-state index in [9.17, 15) is 5.11 Å². The Labute approximate surface area is 114 Å². The van der Waals surface area contributed by atoms with E-state index >= 15 is 0 Å². The molecule has 1 aliphatic rings. The van der Waals surface area contributed by atoms with Gasteiger partial charge < -0.3 is 20.5 Å². The molecule has 1 aliphatic heterocycles. The van der Waals surface area contributed by atoms with Crippen LogP contribution in [-0.4, -0.2) is 54.4 Å². The summed E-state index contributed by atoms with van der Waals surface area (Å²) in [5.74, 6) is 0.868. The molecular formula is C14H23N3O2. The first-order valence-electron chi connectivity index (χ1n) is 6.82. The van der Waals surface area contributed by atoms with E-state index in [-0.39, 0.29) is 12.0 Å². The van der Waals surface area contributed by atoms with Crippen molar-refractivity contribution in [3.8, 4) is 5.88 Å². The summed E-state index contributed by atoms with van der Waals surface area (Å²) in [6.45, 7) is 3.37. The number of likely N-dealkylation sites (tertiary alicyclic amines) is 1. The zero-order valence-corrected chi connectivity index (χ0v) is 11.5. The number of hydrogen-bond donors (Lipinski definition) is 2. The molecule has 19 heavy (non-hydrogen) atoms. The average Bonchev–Trinajstić information content (AvgIpc) is 2.46. The molecular weight excluding hydrogens is 242 g/mol. The molecule has 3 N–H and O–H groups in total. The van der Waals surface area contributed by atoms with Gasteiger partial charge in [0.05, 0.1) is 13.2 Å². The van der Waals surface area contributed by atoms with Crippen molar-refractivity contribution in [2.24, 2.45) is 11.7 Å². The van der Waals surface area contributed by atoms with Gasteiger partial charge in [-0.05, 0) is 31.0 Å². The second kappa shape index (κ2) is 6.84. The van der Waals surface area contributed by atoms with Crippen molar-refractivity contribution in [2.75, 3.05) is 33.3 Å². The number of aliphatic hydroxyl groups is 1. The Balaban J connectivity index is 1.84. The number of ether oxygens (including phenoxy) is 1. The molecule has 0 saturated carbocycles. The van der Waals surface area contributed by atoms with Gasteiger partial charge in [-0.25, -0.2) is 4.98 Å². The molecule has 2 rings (SSSR count). The summed E-state index contributed by atoms with van der Waals surface area (Å²) < 4.78 is 5.12. The molecule has 5 heteroatoms. The van der Waals surface area contributed by atoms with E-state index in [1.165, 1.54) is 5.56 Å². The topological polar surface area (TPSA) is 71.6 Å². The van der Waals surface area contributed by atoms with Crippen LogP contribution in [0.4, 0.5) is 0 Å². The number of methoxy groups -OCH3 is 1. The van der Waals surface area contributed by atoms with Crippen LogP contribution >= 0.6 is 0 Å². The van der Waals surface area contributed by atoms with Crippen molar-refractivity contribution in [3.63, 3.8) is 0 Å². The van der Waals surface area contributed by atoms with E-state index in [4.69, 9.17) is 10.5 Å². The van der Waals surface area contributed by atoms with Crippen LogP contribution in [0, 0.1) is 5.92 Å². The highest BCUT2D eigenvalue weighted by Gasteiger charge is 2.26. The minimum Gasteiger partial charge on any atom is -0.481 e. The number of rotatable bonds is 5. The van der Waals surface area contributed by atoms with Crippen LogP contribution in [0.3, 0.4) is 0 Å². The number of nitrogens with two attached hydrogens (primary N) is 1. The summed E-state index contributed by atoms with van der Waals surface area (Å²) in [5, 5.41) is 9.81. The molecule has 1 aromatic rings. The fourth-order valence-corrected chi connectivity index (χ4v) is 2.53. The molecule has 0 aromatic carbocycles. The van der Waals surface area contributed by atoms with E-state index in [1.54, 1.807) is 13.3 Å². The van der Waals surface area contributed by atoms with Crippen molar-refractivity contribution in [1.82, 2.24) is 9.88 Å². The molecule has 2 heterocycles. The standard InChI is InChI=1S/C14H23N3O2/c1-19-14-8-11(2-5-16-14)3-6-17-7-4-13(18)12(9-15)10-17/h2,5,8,12-13,18H,3-4,6-7,9-10,15H2,1H3/t12-,13+/m0/s1. The van der Waals surface area contributed by atoms with E-state index in [0.717, 1.165) is 32.5 Å². The summed E-state index contributed by atoms with van der Waals surface area (Å²) in [4.78, 5) is 6.47. The predicted octanol–water partition coefficient (Wildman–Crippen LogP) is 0.274. The van der Waals surface area contributed by atoms with Gasteiger partial charge >= 0.3 is 0 Å². The quantitative estimate of drug-likeness (QED) is 0.800. The number of aliphatic hydroxyl groups excluding tert-OH is 1. The van der Waals surface area contributed by atoms with Crippen molar-refractivity contribution < 1.29 is 9.84 Å². The third-order valence-corrected chi connectivity index (χ3v) is 3.81. The Morgan fingerprint density at radius 3 is 3.16 bits per heavy atom. The normalized spacial score (nSPS) is 24.4. The highest BCUT2D eigenvalue weighted by Crippen LogP contribution is 2.17. The average molecular weight is 265 g/mol. The highest BCUT2D eigenvalue weighted by atomic mass is 16.5. The third-order valence-electron chi connectivity index (χ3n) is 3.81. The van der Waals surface area contributed by atoms with Gasteiger partial charge in [-0.15, -0.1) is 0 Å². The molecule has 0 radical (unpaired) electrons. The SMILES string of the molecule is COc1cc(CCN2CC[C@@H](O)[C@@H](CN)C2)ccn1. The maximum atomic E-state index is 9.81. The molecule has 0 amide bonds. The zero-order chi connectivity index (χ0) is 13.7. The van der Waals surface area contributed by atoms with Crippen LogP contribution in [-0.2, 0) is 6.42 Å². The van der Waals surface area contributed by atoms with Crippen LogP contribution in [0.5, 0.6) is 5.88 Å². The maximum Gasteiger partial charge on any atom is 0.213 e. The molecule has 1 saturated heterocycles. The lowest BCUT2D eigenvalue weighted by molar-refractivity contribution is 0.0312. The lowest BCUT2D eigenvalue weighted by Gasteiger charge is -2.35. The smallest absolute Gasteiger partial charge is 0.213 e. The number of piperidine rings is 1. The van der Waals surface area contributed by atoms with Crippen molar-refractivity contribution in [2.45, 2.75) is 18.9 Å². The number of pyridine rings is 1. The molecule has 0 unspecified atom stereocenters. The molecule has 1 fully saturated rings. The van der Waals surface area contributed by atoms with Gasteiger partial charge in [0.2, 0.25) is 5.88 Å². The minimum atomic E-state index is -0.234. The number of hydrogen-bond acceptors (Lipinski definition) is 5. The Morgan fingerprint density at radius 2 is 2.42 bits per heavy atom. The van der Waals surface area contributed by atoms with Crippen molar-refractivity contribution in [1.29, 1.82) is 0 Å². The first-order valence-corrected chi connectivity index (χ1v) is 6.82. The van der Waals surface area contributed by atoms with Gasteiger partial charge in [-0.2, -0.15) is 0 Å². The number of aromatic nitrogens is 1. The van der Waals surface area contributed by atoms with E-state index in [0.29, 0.717) is 12.4 Å². The number of nitrogens with zero attached hydrogens (tertiary/aromatic N) is 2. The lowest BCUT2D eigenvalue weighted by Crippen LogP contribution is -2.46. The second-order valence-electron chi connectivity index (χ2n) is 5.11. The molecule has 106 valence electrons. The summed E-state index contributed by atoms with van der Waals surface area (Å²) in [6.07, 6.45) is 3.33. The summed E-state index contributed by atoms with van der Waals surface area (Å²) in [5.41, 5.74) is 6.91. The second-order valence-corrected chi connectivity index (χ2v) is 5.11. The van der Waals surface area contributed by atoms with E-state index < -0.39 is 0 Å². The van der Waals surface area contributed by atoms with Crippen molar-refractivity contribution in [3.05, 3.63) is 23.9 Å². The summed E-state index contributed by atoms with van der Waals surface area (Å²) >= 11 is 0. The van der Waals surface area contributed by atoms with Crippen LogP contribution in [0.1, 0.15) is 12.0 Å². The fraction of sp³-hybridized carbons (Fsp3) is 0.643. The Hall–Kier alpha value is -1.17. The van der Waals surface area contributed by atoms with Crippen LogP contribution in [0.15, 0.2) is 18.3 Å². The third kappa shape index (κ3) is 3.89. The first kappa shape index (κ1) is 14.2. The monoisotopic (exact) mass is 265 g/mol. The minimum absolute atomic E-state index is 0.209. The largest absolute Gasteiger partial charge is 0.481 e. The van der Waals surface area contributed by atoms with E-state index in [1.807, 2.05) is 12.1 Å². The van der Waals surface area contributed by atoms with Crippen LogP contribution in [0.2, 0.25) is 0 Å². The molecule has 0 bridgehead atoms. The van der Waals surface area contributed by atoms with Gasteiger partial charge in [0.15, 0.2) is 0 Å². The summed E-state index contributed by atoms with van der Waals surface area (Å²) in [6, 6.07) is 3.99. The Bertz CT molecular complexity index is 400. The Kier molecular flexibility index (Phi) is 5.13. The Morgan fingerprint density at radius 1 is 1.58 bits per heavy atom.